The molecule has 1 amide bonds. The fraction of sp³-hybridized carbons (Fsp3) is 0.440. The van der Waals surface area contributed by atoms with E-state index in [1.165, 1.54) is 25.0 Å². The molecule has 3 N–H and O–H groups in total. The van der Waals surface area contributed by atoms with E-state index in [2.05, 4.69) is 34.4 Å². The van der Waals surface area contributed by atoms with Gasteiger partial charge in [0.15, 0.2) is 0 Å². The van der Waals surface area contributed by atoms with Gasteiger partial charge in [-0.05, 0) is 43.4 Å². The molecule has 3 rings (SSSR count). The van der Waals surface area contributed by atoms with Gasteiger partial charge in [-0.15, -0.1) is 0 Å². The summed E-state index contributed by atoms with van der Waals surface area (Å²) in [4.78, 5) is 16.7. The number of hydrogen-bond acceptors (Lipinski definition) is 4. The van der Waals surface area contributed by atoms with Crippen molar-refractivity contribution >= 4 is 29.1 Å². The summed E-state index contributed by atoms with van der Waals surface area (Å²) in [5.41, 5.74) is 1.31. The Hall–Kier alpha value is -2.10. The van der Waals surface area contributed by atoms with Crippen molar-refractivity contribution in [2.75, 3.05) is 6.54 Å². The average molecular weight is 474 g/mol. The molecular formula is C25H29Cl2N3O2. The number of amides is 1. The van der Waals surface area contributed by atoms with Gasteiger partial charge in [-0.1, -0.05) is 78.7 Å². The minimum Gasteiger partial charge on any atom is -0.390 e. The molecule has 1 aromatic heterocycles. The zero-order chi connectivity index (χ0) is 22.9. The van der Waals surface area contributed by atoms with Crippen LogP contribution in [0.2, 0.25) is 10.3 Å². The maximum absolute atomic E-state index is 12.9. The maximum atomic E-state index is 12.9. The van der Waals surface area contributed by atoms with Crippen molar-refractivity contribution in [3.63, 3.8) is 0 Å². The molecule has 1 unspecified atom stereocenters. The number of aromatic nitrogens is 1. The third kappa shape index (κ3) is 8.11. The van der Waals surface area contributed by atoms with Gasteiger partial charge >= 0.3 is 0 Å². The highest BCUT2D eigenvalue weighted by molar-refractivity contribution is 6.33. The number of carbonyl (C=O) groups excluding carboxylic acids is 1. The molecule has 3 atom stereocenters. The maximum Gasteiger partial charge on any atom is 0.251 e. The fourth-order valence-electron chi connectivity index (χ4n) is 3.36. The van der Waals surface area contributed by atoms with Crippen LogP contribution in [0.1, 0.15) is 48.5 Å². The number of aliphatic hydroxyl groups excluding tert-OH is 1. The predicted octanol–water partition coefficient (Wildman–Crippen LogP) is 4.26. The summed E-state index contributed by atoms with van der Waals surface area (Å²) in [6.07, 6.45) is 3.95. The topological polar surface area (TPSA) is 74.2 Å². The lowest BCUT2D eigenvalue weighted by Gasteiger charge is -2.26. The molecule has 0 saturated heterocycles. The summed E-state index contributed by atoms with van der Waals surface area (Å²) >= 11 is 11.9. The number of halogens is 2. The first-order chi connectivity index (χ1) is 15.4. The van der Waals surface area contributed by atoms with Crippen molar-refractivity contribution in [2.24, 2.45) is 5.92 Å². The van der Waals surface area contributed by atoms with Crippen LogP contribution in [-0.4, -0.2) is 40.7 Å². The predicted molar refractivity (Wildman–Crippen MR) is 129 cm³/mol. The van der Waals surface area contributed by atoms with Crippen molar-refractivity contribution in [1.29, 1.82) is 0 Å². The standard InChI is InChI=1S/C25H29Cl2N3O2/c1-2-6-20(12-11-17-9-10-17)28-16-22(31)21(13-18-7-4-3-5-8-18)29-25(32)19-14-23(26)30-24(27)15-19/h3-5,7-8,14-15,17,20-22,28,31H,2,6,9-10,13,16H2,1H3,(H,29,32)/t20?,21-,22-/m0/s1. The Morgan fingerprint density at radius 3 is 2.53 bits per heavy atom. The van der Waals surface area contributed by atoms with E-state index in [1.807, 2.05) is 30.3 Å². The Balaban J connectivity index is 1.69. The van der Waals surface area contributed by atoms with E-state index in [4.69, 9.17) is 23.2 Å². The van der Waals surface area contributed by atoms with Gasteiger partial charge in [-0.3, -0.25) is 4.79 Å². The monoisotopic (exact) mass is 473 g/mol. The molecule has 0 radical (unpaired) electrons. The molecule has 1 saturated carbocycles. The van der Waals surface area contributed by atoms with Gasteiger partial charge in [-0.2, -0.15) is 0 Å². The smallest absolute Gasteiger partial charge is 0.251 e. The second-order valence-corrected chi connectivity index (χ2v) is 8.93. The van der Waals surface area contributed by atoms with Crippen LogP contribution in [0.4, 0.5) is 0 Å². The average Bonchev–Trinajstić information content (AvgIpc) is 3.59. The van der Waals surface area contributed by atoms with Crippen LogP contribution in [-0.2, 0) is 6.42 Å². The molecule has 0 spiro atoms. The van der Waals surface area contributed by atoms with Gasteiger partial charge in [-0.25, -0.2) is 4.98 Å². The minimum atomic E-state index is -0.811. The number of pyridine rings is 1. The molecule has 1 aromatic carbocycles. The van der Waals surface area contributed by atoms with Gasteiger partial charge in [0.25, 0.3) is 5.91 Å². The summed E-state index contributed by atoms with van der Waals surface area (Å²) in [5, 5.41) is 17.6. The fourth-order valence-corrected chi connectivity index (χ4v) is 3.82. The van der Waals surface area contributed by atoms with Gasteiger partial charge < -0.3 is 15.7 Å². The molecule has 1 fully saturated rings. The Morgan fingerprint density at radius 1 is 1.22 bits per heavy atom. The zero-order valence-electron chi connectivity index (χ0n) is 18.2. The highest BCUT2D eigenvalue weighted by atomic mass is 35.5. The van der Waals surface area contributed by atoms with Crippen molar-refractivity contribution in [3.8, 4) is 11.8 Å². The molecule has 1 aliphatic rings. The second kappa shape index (κ2) is 12.2. The quantitative estimate of drug-likeness (QED) is 0.355. The Morgan fingerprint density at radius 2 is 1.91 bits per heavy atom. The van der Waals surface area contributed by atoms with E-state index in [0.717, 1.165) is 18.4 Å². The van der Waals surface area contributed by atoms with Crippen LogP contribution in [0, 0.1) is 17.8 Å². The molecule has 7 heteroatoms. The Bertz CT molecular complexity index is 934. The van der Waals surface area contributed by atoms with Crippen molar-refractivity contribution in [2.45, 2.75) is 57.2 Å². The van der Waals surface area contributed by atoms with Crippen LogP contribution < -0.4 is 10.6 Å². The van der Waals surface area contributed by atoms with Crippen LogP contribution in [0.25, 0.3) is 0 Å². The number of hydrogen-bond donors (Lipinski definition) is 3. The summed E-state index contributed by atoms with van der Waals surface area (Å²) in [7, 11) is 0. The first-order valence-corrected chi connectivity index (χ1v) is 11.8. The molecule has 32 heavy (non-hydrogen) atoms. The number of nitrogens with one attached hydrogen (secondary N) is 2. The summed E-state index contributed by atoms with van der Waals surface area (Å²) in [6, 6.07) is 12.2. The number of benzene rings is 1. The highest BCUT2D eigenvalue weighted by Crippen LogP contribution is 2.27. The van der Waals surface area contributed by atoms with Crippen molar-refractivity contribution in [3.05, 3.63) is 63.9 Å². The third-order valence-electron chi connectivity index (χ3n) is 5.29. The minimum absolute atomic E-state index is 0.0288. The lowest BCUT2D eigenvalue weighted by atomic mass is 10.00. The number of rotatable bonds is 10. The van der Waals surface area contributed by atoms with E-state index in [1.54, 1.807) is 0 Å². The molecular weight excluding hydrogens is 445 g/mol. The summed E-state index contributed by atoms with van der Waals surface area (Å²) in [6.45, 7) is 2.44. The van der Waals surface area contributed by atoms with Gasteiger partial charge in [0.2, 0.25) is 0 Å². The molecule has 5 nitrogen and oxygen atoms in total. The molecule has 170 valence electrons. The van der Waals surface area contributed by atoms with E-state index >= 15 is 0 Å². The normalized spacial score (nSPS) is 15.9. The lowest BCUT2D eigenvalue weighted by Crippen LogP contribution is -2.50. The Labute approximate surface area is 199 Å². The third-order valence-corrected chi connectivity index (χ3v) is 5.68. The molecule has 1 aliphatic carbocycles. The second-order valence-electron chi connectivity index (χ2n) is 8.15. The van der Waals surface area contributed by atoms with Gasteiger partial charge in [0, 0.05) is 18.0 Å². The summed E-state index contributed by atoms with van der Waals surface area (Å²) < 4.78 is 0. The van der Waals surface area contributed by atoms with Crippen LogP contribution in [0.5, 0.6) is 0 Å². The zero-order valence-corrected chi connectivity index (χ0v) is 19.7. The molecule has 0 aliphatic heterocycles. The van der Waals surface area contributed by atoms with E-state index in [-0.39, 0.29) is 22.3 Å². The van der Waals surface area contributed by atoms with Crippen LogP contribution >= 0.6 is 23.2 Å². The number of nitrogens with zero attached hydrogens (tertiary/aromatic N) is 1. The van der Waals surface area contributed by atoms with Crippen molar-refractivity contribution in [1.82, 2.24) is 15.6 Å². The number of carbonyl (C=O) groups is 1. The van der Waals surface area contributed by atoms with E-state index in [0.29, 0.717) is 24.4 Å². The van der Waals surface area contributed by atoms with Gasteiger partial charge in [0.1, 0.15) is 10.3 Å². The van der Waals surface area contributed by atoms with Crippen LogP contribution in [0.15, 0.2) is 42.5 Å². The first-order valence-electron chi connectivity index (χ1n) is 11.0. The summed E-state index contributed by atoms with van der Waals surface area (Å²) in [5.74, 6) is 6.78. The van der Waals surface area contributed by atoms with Crippen LogP contribution in [0.3, 0.4) is 0 Å². The largest absolute Gasteiger partial charge is 0.390 e. The molecule has 2 aromatic rings. The van der Waals surface area contributed by atoms with Crippen molar-refractivity contribution < 1.29 is 9.90 Å². The Kier molecular flexibility index (Phi) is 9.37. The SMILES string of the molecule is CCCC(C#CC1CC1)NC[C@H](O)[C@H](Cc1ccccc1)NC(=O)c1cc(Cl)nc(Cl)c1. The highest BCUT2D eigenvalue weighted by Gasteiger charge is 2.24. The van der Waals surface area contributed by atoms with E-state index < -0.39 is 12.1 Å². The number of aliphatic hydroxyl groups is 1. The van der Waals surface area contributed by atoms with Gasteiger partial charge in [0.05, 0.1) is 18.2 Å². The first kappa shape index (κ1) is 24.5. The molecule has 1 heterocycles. The lowest BCUT2D eigenvalue weighted by molar-refractivity contribution is 0.0827. The van der Waals surface area contributed by atoms with E-state index in [9.17, 15) is 9.90 Å². The molecule has 0 bridgehead atoms.